The number of halogens is 1. The Morgan fingerprint density at radius 1 is 1.50 bits per heavy atom. The molecule has 4 heteroatoms. The second-order valence-corrected chi connectivity index (χ2v) is 3.54. The first-order chi connectivity index (χ1) is 7.70. The number of rotatable bonds is 2. The molecule has 80 valence electrons. The van der Waals surface area contributed by atoms with E-state index in [9.17, 15) is 4.39 Å². The fourth-order valence-electron chi connectivity index (χ4n) is 1.61. The summed E-state index contributed by atoms with van der Waals surface area (Å²) in [6.07, 6.45) is 3.46. The van der Waals surface area contributed by atoms with Gasteiger partial charge >= 0.3 is 0 Å². The van der Waals surface area contributed by atoms with Crippen molar-refractivity contribution in [2.24, 2.45) is 0 Å². The summed E-state index contributed by atoms with van der Waals surface area (Å²) in [4.78, 5) is 0. The zero-order valence-corrected chi connectivity index (χ0v) is 8.81. The van der Waals surface area contributed by atoms with E-state index >= 15 is 0 Å². The van der Waals surface area contributed by atoms with Crippen LogP contribution in [0.3, 0.4) is 0 Å². The number of benzene rings is 1. The molecule has 1 aromatic carbocycles. The van der Waals surface area contributed by atoms with Gasteiger partial charge < -0.3 is 0 Å². The molecular formula is C12H10FN3. The summed E-state index contributed by atoms with van der Waals surface area (Å²) in [5.74, 6) is -0.245. The van der Waals surface area contributed by atoms with Gasteiger partial charge in [0.2, 0.25) is 0 Å². The lowest BCUT2D eigenvalue weighted by atomic mass is 10.0. The number of hydrogen-bond donors (Lipinski definition) is 0. The third kappa shape index (κ3) is 1.94. The molecule has 0 atom stereocenters. The van der Waals surface area contributed by atoms with Crippen molar-refractivity contribution >= 4 is 0 Å². The Hall–Kier alpha value is -2.15. The maximum Gasteiger partial charge on any atom is 0.128 e. The molecule has 3 nitrogen and oxygen atoms in total. The van der Waals surface area contributed by atoms with Crippen molar-refractivity contribution in [2.75, 3.05) is 0 Å². The zero-order chi connectivity index (χ0) is 11.5. The molecule has 0 N–H and O–H groups in total. The molecule has 0 amide bonds. The Morgan fingerprint density at radius 3 is 3.00 bits per heavy atom. The van der Waals surface area contributed by atoms with Crippen molar-refractivity contribution in [2.45, 2.75) is 13.5 Å². The van der Waals surface area contributed by atoms with Crippen LogP contribution in [-0.4, -0.2) is 9.78 Å². The molecule has 16 heavy (non-hydrogen) atoms. The smallest absolute Gasteiger partial charge is 0.128 e. The highest BCUT2D eigenvalue weighted by molar-refractivity contribution is 5.65. The van der Waals surface area contributed by atoms with Crippen molar-refractivity contribution in [3.8, 4) is 17.2 Å². The molecule has 0 saturated heterocycles. The van der Waals surface area contributed by atoms with Crippen molar-refractivity contribution < 1.29 is 4.39 Å². The maximum atomic E-state index is 12.9. The molecule has 1 aromatic heterocycles. The monoisotopic (exact) mass is 215 g/mol. The highest BCUT2D eigenvalue weighted by Gasteiger charge is 2.05. The van der Waals surface area contributed by atoms with Gasteiger partial charge in [-0.25, -0.2) is 4.39 Å². The first kappa shape index (κ1) is 10.4. The van der Waals surface area contributed by atoms with Gasteiger partial charge in [0.05, 0.1) is 12.3 Å². The number of nitrogens with zero attached hydrogens (tertiary/aromatic N) is 3. The first-order valence-electron chi connectivity index (χ1n) is 4.86. The molecule has 0 aliphatic heterocycles. The van der Waals surface area contributed by atoms with Crippen LogP contribution in [0, 0.1) is 24.1 Å². The molecular weight excluding hydrogens is 205 g/mol. The second kappa shape index (κ2) is 4.15. The molecule has 0 bridgehead atoms. The predicted molar refractivity (Wildman–Crippen MR) is 58.0 cm³/mol. The van der Waals surface area contributed by atoms with E-state index in [0.717, 1.165) is 16.7 Å². The molecule has 0 aliphatic carbocycles. The van der Waals surface area contributed by atoms with E-state index in [1.54, 1.807) is 23.1 Å². The molecule has 0 radical (unpaired) electrons. The summed E-state index contributed by atoms with van der Waals surface area (Å²) in [5, 5.41) is 12.6. The number of aryl methyl sites for hydroxylation is 1. The molecule has 0 spiro atoms. The largest absolute Gasteiger partial charge is 0.258 e. The van der Waals surface area contributed by atoms with Gasteiger partial charge in [-0.15, -0.1) is 0 Å². The molecule has 2 aromatic rings. The van der Waals surface area contributed by atoms with Crippen LogP contribution in [0.25, 0.3) is 11.1 Å². The lowest BCUT2D eigenvalue weighted by Crippen LogP contribution is -1.94. The van der Waals surface area contributed by atoms with Gasteiger partial charge in [0.25, 0.3) is 0 Å². The highest BCUT2D eigenvalue weighted by Crippen LogP contribution is 2.23. The Bertz CT molecular complexity index is 552. The topological polar surface area (TPSA) is 41.6 Å². The Balaban J connectivity index is 2.39. The first-order valence-corrected chi connectivity index (χ1v) is 4.86. The Kier molecular flexibility index (Phi) is 2.69. The van der Waals surface area contributed by atoms with Crippen LogP contribution >= 0.6 is 0 Å². The normalized spacial score (nSPS) is 10.1. The maximum absolute atomic E-state index is 12.9. The molecule has 0 unspecified atom stereocenters. The van der Waals surface area contributed by atoms with Gasteiger partial charge in [-0.05, 0) is 30.2 Å². The van der Waals surface area contributed by atoms with Crippen molar-refractivity contribution in [1.29, 1.82) is 5.26 Å². The van der Waals surface area contributed by atoms with Crippen LogP contribution in [0.1, 0.15) is 5.56 Å². The van der Waals surface area contributed by atoms with Crippen LogP contribution in [0.2, 0.25) is 0 Å². The van der Waals surface area contributed by atoms with E-state index < -0.39 is 0 Å². The van der Waals surface area contributed by atoms with Crippen molar-refractivity contribution in [3.05, 3.63) is 42.0 Å². The fourth-order valence-corrected chi connectivity index (χ4v) is 1.61. The number of nitriles is 1. The molecule has 0 fully saturated rings. The van der Waals surface area contributed by atoms with E-state index in [1.165, 1.54) is 12.1 Å². The third-order valence-corrected chi connectivity index (χ3v) is 2.37. The standard InChI is InChI=1S/C12H10FN3/c1-9-6-11(13)2-3-12(9)10-7-15-16(8-10)5-4-14/h2-3,6-8H,5H2,1H3. The van der Waals surface area contributed by atoms with Crippen LogP contribution in [0.15, 0.2) is 30.6 Å². The molecule has 1 heterocycles. The van der Waals surface area contributed by atoms with Gasteiger partial charge in [-0.3, -0.25) is 4.68 Å². The summed E-state index contributed by atoms with van der Waals surface area (Å²) >= 11 is 0. The Labute approximate surface area is 92.7 Å². The average molecular weight is 215 g/mol. The van der Waals surface area contributed by atoms with E-state index in [0.29, 0.717) is 0 Å². The molecule has 0 saturated carbocycles. The van der Waals surface area contributed by atoms with Gasteiger partial charge in [0.15, 0.2) is 0 Å². The van der Waals surface area contributed by atoms with E-state index in [-0.39, 0.29) is 12.4 Å². The SMILES string of the molecule is Cc1cc(F)ccc1-c1cnn(CC#N)c1. The van der Waals surface area contributed by atoms with Gasteiger partial charge in [0.1, 0.15) is 12.4 Å². The zero-order valence-electron chi connectivity index (χ0n) is 8.81. The Morgan fingerprint density at radius 2 is 2.31 bits per heavy atom. The minimum Gasteiger partial charge on any atom is -0.258 e. The third-order valence-electron chi connectivity index (χ3n) is 2.37. The van der Waals surface area contributed by atoms with Gasteiger partial charge in [0, 0.05) is 11.8 Å². The van der Waals surface area contributed by atoms with Gasteiger partial charge in [-0.2, -0.15) is 10.4 Å². The summed E-state index contributed by atoms with van der Waals surface area (Å²) < 4.78 is 14.5. The number of aromatic nitrogens is 2. The van der Waals surface area contributed by atoms with Crippen LogP contribution < -0.4 is 0 Å². The van der Waals surface area contributed by atoms with Crippen LogP contribution in [-0.2, 0) is 6.54 Å². The quantitative estimate of drug-likeness (QED) is 0.772. The van der Waals surface area contributed by atoms with E-state index in [2.05, 4.69) is 5.10 Å². The summed E-state index contributed by atoms with van der Waals surface area (Å²) in [5.41, 5.74) is 2.69. The summed E-state index contributed by atoms with van der Waals surface area (Å²) in [7, 11) is 0. The minimum atomic E-state index is -0.245. The lowest BCUT2D eigenvalue weighted by Gasteiger charge is -2.02. The van der Waals surface area contributed by atoms with Crippen molar-refractivity contribution in [3.63, 3.8) is 0 Å². The summed E-state index contributed by atoms with van der Waals surface area (Å²) in [6.45, 7) is 2.07. The van der Waals surface area contributed by atoms with Crippen LogP contribution in [0.5, 0.6) is 0 Å². The minimum absolute atomic E-state index is 0.222. The highest BCUT2D eigenvalue weighted by atomic mass is 19.1. The molecule has 0 aliphatic rings. The average Bonchev–Trinajstić information content (AvgIpc) is 2.67. The van der Waals surface area contributed by atoms with E-state index in [4.69, 9.17) is 5.26 Å². The van der Waals surface area contributed by atoms with E-state index in [1.807, 2.05) is 13.0 Å². The lowest BCUT2D eigenvalue weighted by molar-refractivity contribution is 0.627. The molecule has 2 rings (SSSR count). The number of hydrogen-bond acceptors (Lipinski definition) is 2. The second-order valence-electron chi connectivity index (χ2n) is 3.54. The van der Waals surface area contributed by atoms with Gasteiger partial charge in [-0.1, -0.05) is 6.07 Å². The van der Waals surface area contributed by atoms with Crippen molar-refractivity contribution in [1.82, 2.24) is 9.78 Å². The fraction of sp³-hybridized carbons (Fsp3) is 0.167. The predicted octanol–water partition coefficient (Wildman–Crippen LogP) is 2.52. The summed E-state index contributed by atoms with van der Waals surface area (Å²) in [6, 6.07) is 6.64. The van der Waals surface area contributed by atoms with Crippen LogP contribution in [0.4, 0.5) is 4.39 Å².